The van der Waals surface area contributed by atoms with Crippen molar-refractivity contribution in [3.63, 3.8) is 0 Å². The van der Waals surface area contributed by atoms with Gasteiger partial charge in [-0.3, -0.25) is 4.79 Å². The van der Waals surface area contributed by atoms with E-state index in [1.165, 1.54) is 11.6 Å². The van der Waals surface area contributed by atoms with Gasteiger partial charge in [-0.15, -0.1) is 0 Å². The number of nitrogen functional groups attached to an aromatic ring is 1. The first-order valence-electron chi connectivity index (χ1n) is 6.44. The summed E-state index contributed by atoms with van der Waals surface area (Å²) in [5.41, 5.74) is 8.72. The van der Waals surface area contributed by atoms with Crippen LogP contribution in [0.25, 0.3) is 0 Å². The molecule has 0 aromatic heterocycles. The van der Waals surface area contributed by atoms with E-state index in [-0.39, 0.29) is 16.0 Å². The van der Waals surface area contributed by atoms with E-state index in [4.69, 9.17) is 28.9 Å². The van der Waals surface area contributed by atoms with Crippen molar-refractivity contribution in [2.24, 2.45) is 0 Å². The molecule has 0 aliphatic carbocycles. The van der Waals surface area contributed by atoms with Crippen LogP contribution in [0.4, 0.5) is 5.69 Å². The Morgan fingerprint density at radius 1 is 1.19 bits per heavy atom. The van der Waals surface area contributed by atoms with E-state index in [9.17, 15) is 4.79 Å². The SMILES string of the molecule is Cc1ccc(CN(C)C(=O)c2cc(N)c(Cl)c(Cl)c2)cc1. The molecule has 2 aromatic carbocycles. The predicted octanol–water partition coefficient (Wildman–Crippen LogP) is 4.16. The fourth-order valence-electron chi connectivity index (χ4n) is 1.99. The van der Waals surface area contributed by atoms with Crippen LogP contribution in [-0.2, 0) is 6.54 Å². The molecule has 0 saturated heterocycles. The van der Waals surface area contributed by atoms with Gasteiger partial charge in [0.15, 0.2) is 0 Å². The Morgan fingerprint density at radius 2 is 1.81 bits per heavy atom. The van der Waals surface area contributed by atoms with Crippen LogP contribution in [0.1, 0.15) is 21.5 Å². The van der Waals surface area contributed by atoms with Gasteiger partial charge in [0.05, 0.1) is 15.7 Å². The lowest BCUT2D eigenvalue weighted by Crippen LogP contribution is -2.26. The van der Waals surface area contributed by atoms with E-state index in [1.807, 2.05) is 31.2 Å². The molecular weight excluding hydrogens is 307 g/mol. The third-order valence-corrected chi connectivity index (χ3v) is 4.01. The number of nitrogens with two attached hydrogens (primary N) is 1. The summed E-state index contributed by atoms with van der Waals surface area (Å²) >= 11 is 11.9. The van der Waals surface area contributed by atoms with Gasteiger partial charge in [0.2, 0.25) is 0 Å². The predicted molar refractivity (Wildman–Crippen MR) is 87.9 cm³/mol. The second kappa shape index (κ2) is 6.37. The number of carbonyl (C=O) groups is 1. The summed E-state index contributed by atoms with van der Waals surface area (Å²) in [7, 11) is 1.74. The maximum absolute atomic E-state index is 12.4. The molecule has 0 aliphatic heterocycles. The smallest absolute Gasteiger partial charge is 0.254 e. The number of nitrogens with zero attached hydrogens (tertiary/aromatic N) is 1. The van der Waals surface area contributed by atoms with Crippen LogP contribution in [0.2, 0.25) is 10.0 Å². The Morgan fingerprint density at radius 3 is 2.38 bits per heavy atom. The zero-order valence-electron chi connectivity index (χ0n) is 11.9. The lowest BCUT2D eigenvalue weighted by molar-refractivity contribution is 0.0785. The number of amides is 1. The average Bonchev–Trinajstić information content (AvgIpc) is 2.45. The minimum atomic E-state index is -0.152. The van der Waals surface area contributed by atoms with Crippen LogP contribution in [-0.4, -0.2) is 17.9 Å². The van der Waals surface area contributed by atoms with Crippen molar-refractivity contribution in [2.45, 2.75) is 13.5 Å². The highest BCUT2D eigenvalue weighted by Gasteiger charge is 2.15. The van der Waals surface area contributed by atoms with Gasteiger partial charge >= 0.3 is 0 Å². The Bertz CT molecular complexity index is 645. The van der Waals surface area contributed by atoms with Gasteiger partial charge in [-0.25, -0.2) is 0 Å². The minimum absolute atomic E-state index is 0.152. The van der Waals surface area contributed by atoms with Crippen molar-refractivity contribution < 1.29 is 4.79 Å². The zero-order chi connectivity index (χ0) is 15.6. The molecule has 2 rings (SSSR count). The molecule has 0 fully saturated rings. The quantitative estimate of drug-likeness (QED) is 0.862. The first-order chi connectivity index (χ1) is 9.88. The van der Waals surface area contributed by atoms with Gasteiger partial charge in [0, 0.05) is 19.2 Å². The van der Waals surface area contributed by atoms with E-state index < -0.39 is 0 Å². The molecule has 0 spiro atoms. The van der Waals surface area contributed by atoms with Crippen LogP contribution in [0.15, 0.2) is 36.4 Å². The van der Waals surface area contributed by atoms with Gasteiger partial charge in [-0.1, -0.05) is 53.0 Å². The Hall–Kier alpha value is -1.71. The highest BCUT2D eigenvalue weighted by molar-refractivity contribution is 6.43. The molecule has 0 bridgehead atoms. The molecule has 0 aliphatic rings. The van der Waals surface area contributed by atoms with Crippen LogP contribution in [0.5, 0.6) is 0 Å². The number of aryl methyl sites for hydroxylation is 1. The first kappa shape index (κ1) is 15.7. The third-order valence-electron chi connectivity index (χ3n) is 3.19. The number of benzene rings is 2. The molecule has 110 valence electrons. The number of anilines is 1. The highest BCUT2D eigenvalue weighted by Crippen LogP contribution is 2.29. The van der Waals surface area contributed by atoms with Gasteiger partial charge in [-0.2, -0.15) is 0 Å². The molecule has 2 N–H and O–H groups in total. The molecule has 1 amide bonds. The summed E-state index contributed by atoms with van der Waals surface area (Å²) in [5, 5.41) is 0.554. The summed E-state index contributed by atoms with van der Waals surface area (Å²) in [5.74, 6) is -0.152. The fraction of sp³-hybridized carbons (Fsp3) is 0.188. The van der Waals surface area contributed by atoms with E-state index in [0.29, 0.717) is 17.8 Å². The Kier molecular flexibility index (Phi) is 4.76. The second-order valence-corrected chi connectivity index (χ2v) is 5.79. The Balaban J connectivity index is 2.17. The molecular formula is C16H16Cl2N2O. The molecule has 21 heavy (non-hydrogen) atoms. The standard InChI is InChI=1S/C16H16Cl2N2O/c1-10-3-5-11(6-4-10)9-20(2)16(21)12-7-13(17)15(18)14(19)8-12/h3-8H,9,19H2,1-2H3. The number of hydrogen-bond acceptors (Lipinski definition) is 2. The van der Waals surface area contributed by atoms with Crippen LogP contribution >= 0.6 is 23.2 Å². The van der Waals surface area contributed by atoms with E-state index in [2.05, 4.69) is 0 Å². The lowest BCUT2D eigenvalue weighted by Gasteiger charge is -2.18. The molecule has 0 unspecified atom stereocenters. The fourth-order valence-corrected chi connectivity index (χ4v) is 2.33. The zero-order valence-corrected chi connectivity index (χ0v) is 13.4. The van der Waals surface area contributed by atoms with Crippen LogP contribution in [0, 0.1) is 6.92 Å². The van der Waals surface area contributed by atoms with Gasteiger partial charge < -0.3 is 10.6 Å². The normalized spacial score (nSPS) is 10.5. The molecule has 0 heterocycles. The molecule has 0 atom stereocenters. The minimum Gasteiger partial charge on any atom is -0.397 e. The molecule has 0 saturated carbocycles. The topological polar surface area (TPSA) is 46.3 Å². The summed E-state index contributed by atoms with van der Waals surface area (Å²) in [6, 6.07) is 11.1. The van der Waals surface area contributed by atoms with E-state index in [0.717, 1.165) is 5.56 Å². The summed E-state index contributed by atoms with van der Waals surface area (Å²) in [4.78, 5) is 14.0. The monoisotopic (exact) mass is 322 g/mol. The highest BCUT2D eigenvalue weighted by atomic mass is 35.5. The Labute approximate surface area is 134 Å². The molecule has 2 aromatic rings. The van der Waals surface area contributed by atoms with Gasteiger partial charge in [0.1, 0.15) is 0 Å². The maximum atomic E-state index is 12.4. The summed E-state index contributed by atoms with van der Waals surface area (Å²) in [6.45, 7) is 2.54. The molecule has 0 radical (unpaired) electrons. The third kappa shape index (κ3) is 3.69. The van der Waals surface area contributed by atoms with Crippen molar-refractivity contribution in [1.29, 1.82) is 0 Å². The number of halogens is 2. The van der Waals surface area contributed by atoms with Crippen LogP contribution in [0.3, 0.4) is 0 Å². The largest absolute Gasteiger partial charge is 0.397 e. The lowest BCUT2D eigenvalue weighted by atomic mass is 10.1. The van der Waals surface area contributed by atoms with Crippen molar-refractivity contribution in [3.05, 3.63) is 63.1 Å². The maximum Gasteiger partial charge on any atom is 0.254 e. The van der Waals surface area contributed by atoms with Crippen molar-refractivity contribution in [2.75, 3.05) is 12.8 Å². The van der Waals surface area contributed by atoms with Gasteiger partial charge in [0.25, 0.3) is 5.91 Å². The van der Waals surface area contributed by atoms with Crippen molar-refractivity contribution in [3.8, 4) is 0 Å². The van der Waals surface area contributed by atoms with Crippen LogP contribution < -0.4 is 5.73 Å². The average molecular weight is 323 g/mol. The molecule has 3 nitrogen and oxygen atoms in total. The first-order valence-corrected chi connectivity index (χ1v) is 7.19. The summed E-state index contributed by atoms with van der Waals surface area (Å²) in [6.07, 6.45) is 0. The van der Waals surface area contributed by atoms with E-state index in [1.54, 1.807) is 18.0 Å². The number of carbonyl (C=O) groups excluding carboxylic acids is 1. The van der Waals surface area contributed by atoms with Crippen molar-refractivity contribution in [1.82, 2.24) is 4.90 Å². The number of hydrogen-bond donors (Lipinski definition) is 1. The summed E-state index contributed by atoms with van der Waals surface area (Å²) < 4.78 is 0. The van der Waals surface area contributed by atoms with Gasteiger partial charge in [-0.05, 0) is 24.6 Å². The number of rotatable bonds is 3. The molecule has 5 heteroatoms. The van der Waals surface area contributed by atoms with E-state index >= 15 is 0 Å². The second-order valence-electron chi connectivity index (χ2n) is 5.01. The van der Waals surface area contributed by atoms with Crippen molar-refractivity contribution >= 4 is 34.8 Å².